The van der Waals surface area contributed by atoms with Gasteiger partial charge in [0.15, 0.2) is 5.69 Å². The summed E-state index contributed by atoms with van der Waals surface area (Å²) < 4.78 is 91.3. The first-order valence-corrected chi connectivity index (χ1v) is 20.9. The number of anilines is 1. The summed E-state index contributed by atoms with van der Waals surface area (Å²) in [5.41, 5.74) is -1.31. The molecular formula is C40H47F4N6O6S+. The fraction of sp³-hybridized carbons (Fsp3) is 0.500. The fourth-order valence-electron chi connectivity index (χ4n) is 7.80. The Labute approximate surface area is 328 Å². The summed E-state index contributed by atoms with van der Waals surface area (Å²) >= 11 is 0. The first kappa shape index (κ1) is 40.3. The van der Waals surface area contributed by atoms with Crippen molar-refractivity contribution in [1.29, 1.82) is 0 Å². The van der Waals surface area contributed by atoms with Gasteiger partial charge >= 0.3 is 12.2 Å². The van der Waals surface area contributed by atoms with Crippen LogP contribution in [0, 0.1) is 11.7 Å². The lowest BCUT2D eigenvalue weighted by atomic mass is 10.0. The number of aromatic nitrogens is 2. The summed E-state index contributed by atoms with van der Waals surface area (Å²) in [6.45, 7) is 3.89. The van der Waals surface area contributed by atoms with Crippen LogP contribution in [0.2, 0.25) is 0 Å². The lowest BCUT2D eigenvalue weighted by Crippen LogP contribution is -2.58. The lowest BCUT2D eigenvalue weighted by Gasteiger charge is -2.30. The number of nitrogens with one attached hydrogen (secondary N) is 4. The first-order valence-electron chi connectivity index (χ1n) is 19.4. The maximum Gasteiger partial charge on any atom is 0.454 e. The van der Waals surface area contributed by atoms with E-state index in [1.54, 1.807) is 19.2 Å². The van der Waals surface area contributed by atoms with Crippen LogP contribution in [0.3, 0.4) is 0 Å². The predicted octanol–water partition coefficient (Wildman–Crippen LogP) is 5.37. The minimum Gasteiger partial charge on any atom is -0.426 e. The highest BCUT2D eigenvalue weighted by molar-refractivity contribution is 7.91. The third kappa shape index (κ3) is 8.39. The van der Waals surface area contributed by atoms with E-state index in [2.05, 4.69) is 20.3 Å². The number of benzene rings is 2. The van der Waals surface area contributed by atoms with Gasteiger partial charge in [-0.2, -0.15) is 17.7 Å². The zero-order chi connectivity index (χ0) is 40.8. The molecule has 1 saturated heterocycles. The van der Waals surface area contributed by atoms with Crippen molar-refractivity contribution < 1.29 is 49.7 Å². The van der Waals surface area contributed by atoms with Crippen LogP contribution in [0.4, 0.5) is 23.2 Å². The van der Waals surface area contributed by atoms with Crippen molar-refractivity contribution >= 4 is 33.4 Å². The number of nitrogens with zero attached hydrogens (tertiary/aromatic N) is 2. The zero-order valence-electron chi connectivity index (χ0n) is 31.7. The van der Waals surface area contributed by atoms with E-state index >= 15 is 0 Å². The highest BCUT2D eigenvalue weighted by Gasteiger charge is 2.63. The highest BCUT2D eigenvalue weighted by Crippen LogP contribution is 2.47. The Hall–Kier alpha value is -4.93. The van der Waals surface area contributed by atoms with Crippen LogP contribution in [-0.2, 0) is 37.1 Å². The molecule has 0 spiro atoms. The quantitative estimate of drug-likeness (QED) is 0.129. The molecule has 3 amide bonds. The number of carbonyl (C=O) groups excluding carboxylic acids is 3. The number of hydrogen-bond donors (Lipinski definition) is 4. The van der Waals surface area contributed by atoms with Gasteiger partial charge in [-0.3, -0.25) is 19.1 Å². The third-order valence-corrected chi connectivity index (χ3v) is 13.7. The van der Waals surface area contributed by atoms with Gasteiger partial charge < -0.3 is 20.3 Å². The summed E-state index contributed by atoms with van der Waals surface area (Å²) in [5.74, 6) is -3.84. The number of H-pyrrole nitrogens is 1. The summed E-state index contributed by atoms with van der Waals surface area (Å²) in [7, 11) is -4.05. The van der Waals surface area contributed by atoms with Gasteiger partial charge in [0, 0.05) is 23.6 Å². The van der Waals surface area contributed by atoms with Gasteiger partial charge in [-0.1, -0.05) is 55.3 Å². The minimum atomic E-state index is -4.84. The van der Waals surface area contributed by atoms with Crippen molar-refractivity contribution in [3.05, 3.63) is 78.3 Å². The highest BCUT2D eigenvalue weighted by atomic mass is 32.2. The Kier molecular flexibility index (Phi) is 10.9. The van der Waals surface area contributed by atoms with E-state index in [-0.39, 0.29) is 31.5 Å². The molecule has 17 heteroatoms. The summed E-state index contributed by atoms with van der Waals surface area (Å²) in [6, 6.07) is 9.58. The molecule has 5 atom stereocenters. The molecule has 7 rings (SSSR count). The van der Waals surface area contributed by atoms with Gasteiger partial charge in [-0.25, -0.2) is 17.8 Å². The molecule has 2 aliphatic heterocycles. The van der Waals surface area contributed by atoms with E-state index in [1.807, 2.05) is 47.9 Å². The van der Waals surface area contributed by atoms with Gasteiger partial charge in [-0.05, 0) is 70.6 Å². The van der Waals surface area contributed by atoms with Gasteiger partial charge in [0.05, 0.1) is 23.4 Å². The van der Waals surface area contributed by atoms with E-state index in [9.17, 15) is 40.4 Å². The van der Waals surface area contributed by atoms with Crippen LogP contribution in [0.15, 0.2) is 66.9 Å². The summed E-state index contributed by atoms with van der Waals surface area (Å²) in [5, 5.41) is 5.67. The molecule has 57 heavy (non-hydrogen) atoms. The number of amides is 3. The second-order valence-corrected chi connectivity index (χ2v) is 17.9. The molecule has 2 aliphatic carbocycles. The van der Waals surface area contributed by atoms with E-state index in [0.29, 0.717) is 57.1 Å². The van der Waals surface area contributed by atoms with E-state index in [0.717, 1.165) is 23.4 Å². The number of ether oxygens (including phenoxy) is 1. The number of fused-ring (bicyclic) bond motifs is 2. The van der Waals surface area contributed by atoms with Crippen molar-refractivity contribution in [2.75, 3.05) is 11.9 Å². The standard InChI is InChI=1S/C40H46F4N6O6S/c1-3-49-33(25-12-8-7-9-13-25)23-45-37(49)56-30-21-32-34(51)47-39(36(53)48-57(54,55)38(2)16-17-38)22-26(39)14-10-5-4-6-11-15-31(35(52)50(32)24-30)46-29-19-27(40(42,43)44)18-28(41)20-29/h7-10,12-14,18-20,23,26,30-32,46H,3-6,11,15-17,21-22,24H2,1-2H3,(H2,47,48,51,53)/p+1/b14-10-/t26-,30+,31-,32-,39+/m0/s1. The summed E-state index contributed by atoms with van der Waals surface area (Å²) in [6.07, 6.45) is 3.34. The number of rotatable bonds is 9. The average molecular weight is 816 g/mol. The molecule has 0 unspecified atom stereocenters. The largest absolute Gasteiger partial charge is 0.454 e. The van der Waals surface area contributed by atoms with E-state index in [4.69, 9.17) is 4.74 Å². The number of carbonyl (C=O) groups is 3. The predicted molar refractivity (Wildman–Crippen MR) is 201 cm³/mol. The maximum atomic E-state index is 14.6. The van der Waals surface area contributed by atoms with Crippen LogP contribution in [0.1, 0.15) is 77.2 Å². The Morgan fingerprint density at radius 1 is 1.09 bits per heavy atom. The molecule has 306 valence electrons. The van der Waals surface area contributed by atoms with Crippen molar-refractivity contribution in [2.45, 2.75) is 113 Å². The Morgan fingerprint density at radius 3 is 2.54 bits per heavy atom. The second-order valence-electron chi connectivity index (χ2n) is 15.7. The molecule has 12 nitrogen and oxygen atoms in total. The molecule has 0 radical (unpaired) electrons. The molecule has 4 N–H and O–H groups in total. The summed E-state index contributed by atoms with van der Waals surface area (Å²) in [4.78, 5) is 47.4. The third-order valence-electron chi connectivity index (χ3n) is 11.6. The molecule has 0 bridgehead atoms. The topological polar surface area (TPSA) is 154 Å². The van der Waals surface area contributed by atoms with Gasteiger partial charge in [0.1, 0.15) is 35.7 Å². The molecule has 4 aliphatic rings. The normalized spacial score (nSPS) is 26.9. The first-order chi connectivity index (χ1) is 27.0. The molecule has 2 saturated carbocycles. The van der Waals surface area contributed by atoms with Crippen molar-refractivity contribution in [1.82, 2.24) is 19.9 Å². The van der Waals surface area contributed by atoms with Crippen LogP contribution in [0.25, 0.3) is 11.3 Å². The number of aromatic amines is 1. The van der Waals surface area contributed by atoms with Gasteiger partial charge in [0.25, 0.3) is 5.91 Å². The molecule has 3 aromatic rings. The van der Waals surface area contributed by atoms with E-state index < -0.39 is 79.7 Å². The van der Waals surface area contributed by atoms with E-state index in [1.165, 1.54) is 4.90 Å². The van der Waals surface area contributed by atoms with Crippen molar-refractivity contribution in [2.24, 2.45) is 5.92 Å². The Bertz CT molecular complexity index is 2160. The number of sulfonamides is 1. The molecule has 3 fully saturated rings. The average Bonchev–Trinajstić information content (AvgIpc) is 3.97. The zero-order valence-corrected chi connectivity index (χ0v) is 32.5. The monoisotopic (exact) mass is 815 g/mol. The van der Waals surface area contributed by atoms with Crippen molar-refractivity contribution in [3.63, 3.8) is 0 Å². The van der Waals surface area contributed by atoms with Crippen molar-refractivity contribution in [3.8, 4) is 17.3 Å². The number of allylic oxidation sites excluding steroid dienone is 1. The molecule has 1 aromatic heterocycles. The fourth-order valence-corrected chi connectivity index (χ4v) is 9.11. The van der Waals surface area contributed by atoms with Gasteiger partial charge in [0.2, 0.25) is 21.8 Å². The second kappa shape index (κ2) is 15.4. The number of alkyl halides is 3. The maximum absolute atomic E-state index is 14.6. The molecule has 3 heterocycles. The van der Waals surface area contributed by atoms with Crippen LogP contribution in [-0.4, -0.2) is 71.0 Å². The Morgan fingerprint density at radius 2 is 1.84 bits per heavy atom. The Balaban J connectivity index is 1.21. The van der Waals surface area contributed by atoms with Crippen LogP contribution in [0.5, 0.6) is 6.01 Å². The van der Waals surface area contributed by atoms with Gasteiger partial charge in [-0.15, -0.1) is 0 Å². The number of halogens is 4. The number of hydrogen-bond acceptors (Lipinski definition) is 7. The smallest absolute Gasteiger partial charge is 0.426 e. The molecule has 2 aromatic carbocycles. The number of imidazole rings is 1. The molecular weight excluding hydrogens is 769 g/mol. The lowest BCUT2D eigenvalue weighted by molar-refractivity contribution is -0.687. The SMILES string of the molecule is CC[n+]1c(-c2ccccc2)c[nH]c1O[C@@H]1C[C@H]2C(=O)N[C@]3(C(=O)NS(=O)(=O)C4(C)CC4)C[C@@H]3/C=C\CCCCC[C@H](Nc3cc(F)cc(C(F)(F)F)c3)C(=O)N2C1. The van der Waals surface area contributed by atoms with Crippen LogP contribution < -0.4 is 24.7 Å². The van der Waals surface area contributed by atoms with Crippen LogP contribution >= 0.6 is 0 Å². The minimum absolute atomic E-state index is 0.0273.